The molecule has 0 saturated heterocycles. The molecule has 0 spiro atoms. The minimum atomic E-state index is -0.0532. The summed E-state index contributed by atoms with van der Waals surface area (Å²) in [6.45, 7) is 0. The zero-order valence-electron chi connectivity index (χ0n) is 12.7. The van der Waals surface area contributed by atoms with Gasteiger partial charge >= 0.3 is 0 Å². The number of fused-ring (bicyclic) bond motifs is 1. The van der Waals surface area contributed by atoms with E-state index in [-0.39, 0.29) is 5.91 Å². The van der Waals surface area contributed by atoms with E-state index in [1.54, 1.807) is 11.3 Å². The first-order valence-electron chi connectivity index (χ1n) is 7.51. The zero-order chi connectivity index (χ0) is 16.4. The average molecular weight is 354 g/mol. The fourth-order valence-electron chi connectivity index (χ4n) is 2.41. The molecule has 1 amide bonds. The Balaban J connectivity index is 1.36. The van der Waals surface area contributed by atoms with Crippen molar-refractivity contribution in [1.29, 1.82) is 0 Å². The molecule has 0 aliphatic carbocycles. The molecule has 5 nitrogen and oxygen atoms in total. The summed E-state index contributed by atoms with van der Waals surface area (Å²) >= 11 is 3.08. The average Bonchev–Trinajstić information content (AvgIpc) is 3.32. The van der Waals surface area contributed by atoms with Crippen molar-refractivity contribution >= 4 is 44.7 Å². The number of amides is 1. The van der Waals surface area contributed by atoms with Crippen LogP contribution in [0.5, 0.6) is 0 Å². The van der Waals surface area contributed by atoms with Crippen LogP contribution in [0.3, 0.4) is 0 Å². The van der Waals surface area contributed by atoms with Crippen LogP contribution in [0.4, 0.5) is 5.13 Å². The molecule has 0 aliphatic rings. The molecular weight excluding hydrogens is 340 g/mol. The maximum Gasteiger partial charge on any atom is 0.226 e. The number of thiazole rings is 1. The Bertz CT molecular complexity index is 938. The van der Waals surface area contributed by atoms with Gasteiger partial charge in [-0.1, -0.05) is 18.2 Å². The largest absolute Gasteiger partial charge is 0.342 e. The summed E-state index contributed by atoms with van der Waals surface area (Å²) in [6, 6.07) is 11.9. The van der Waals surface area contributed by atoms with Crippen LogP contribution in [0.25, 0.3) is 21.6 Å². The number of rotatable bonds is 5. The molecule has 7 heteroatoms. The molecule has 1 aromatic carbocycles. The van der Waals surface area contributed by atoms with Crippen molar-refractivity contribution in [2.75, 3.05) is 5.32 Å². The third kappa shape index (κ3) is 3.22. The van der Waals surface area contributed by atoms with Crippen molar-refractivity contribution < 1.29 is 4.79 Å². The fraction of sp³-hybridized carbons (Fsp3) is 0.118. The number of imidazole rings is 1. The number of thiophene rings is 1. The third-order valence-corrected chi connectivity index (χ3v) is 5.20. The van der Waals surface area contributed by atoms with Gasteiger partial charge < -0.3 is 10.3 Å². The lowest BCUT2D eigenvalue weighted by atomic mass is 10.3. The number of carbonyl (C=O) groups excluding carboxylic acids is 1. The highest BCUT2D eigenvalue weighted by molar-refractivity contribution is 7.16. The smallest absolute Gasteiger partial charge is 0.226 e. The summed E-state index contributed by atoms with van der Waals surface area (Å²) < 4.78 is 0. The summed E-state index contributed by atoms with van der Waals surface area (Å²) in [5.41, 5.74) is 2.82. The molecule has 24 heavy (non-hydrogen) atoms. The Morgan fingerprint density at radius 1 is 1.12 bits per heavy atom. The minimum absolute atomic E-state index is 0.0532. The maximum atomic E-state index is 12.1. The van der Waals surface area contributed by atoms with Crippen molar-refractivity contribution in [2.24, 2.45) is 0 Å². The van der Waals surface area contributed by atoms with Gasteiger partial charge in [-0.05, 0) is 23.6 Å². The van der Waals surface area contributed by atoms with Crippen molar-refractivity contribution in [1.82, 2.24) is 15.0 Å². The summed E-state index contributed by atoms with van der Waals surface area (Å²) in [4.78, 5) is 25.4. The monoisotopic (exact) mass is 354 g/mol. The Hall–Kier alpha value is -2.51. The van der Waals surface area contributed by atoms with Gasteiger partial charge in [-0.25, -0.2) is 9.97 Å². The molecule has 0 saturated carbocycles. The molecule has 0 radical (unpaired) electrons. The predicted molar refractivity (Wildman–Crippen MR) is 98.5 cm³/mol. The van der Waals surface area contributed by atoms with Gasteiger partial charge in [-0.2, -0.15) is 0 Å². The Labute approximate surface area is 146 Å². The molecule has 0 atom stereocenters. The first-order chi connectivity index (χ1) is 11.8. The first-order valence-corrected chi connectivity index (χ1v) is 9.27. The normalized spacial score (nSPS) is 11.0. The standard InChI is InChI=1S/C17H14N4OS2/c22-16(8-7-15-18-11-4-1-2-5-12(11)19-15)21-17-20-13(10-24-17)14-6-3-9-23-14/h1-6,9-10H,7-8H2,(H,18,19)(H,20,21,22). The summed E-state index contributed by atoms with van der Waals surface area (Å²) in [5, 5.41) is 7.47. The number of hydrogen-bond acceptors (Lipinski definition) is 5. The van der Waals surface area contributed by atoms with E-state index in [0.29, 0.717) is 18.0 Å². The van der Waals surface area contributed by atoms with E-state index < -0.39 is 0 Å². The van der Waals surface area contributed by atoms with E-state index in [1.165, 1.54) is 11.3 Å². The highest BCUT2D eigenvalue weighted by atomic mass is 32.1. The van der Waals surface area contributed by atoms with Crippen LogP contribution in [0, 0.1) is 0 Å². The summed E-state index contributed by atoms with van der Waals surface area (Å²) in [6.07, 6.45) is 0.942. The van der Waals surface area contributed by atoms with Crippen LogP contribution in [0.2, 0.25) is 0 Å². The van der Waals surface area contributed by atoms with E-state index in [1.807, 2.05) is 47.2 Å². The van der Waals surface area contributed by atoms with Crippen LogP contribution in [-0.4, -0.2) is 20.9 Å². The number of anilines is 1. The number of aryl methyl sites for hydroxylation is 1. The molecule has 0 fully saturated rings. The van der Waals surface area contributed by atoms with Crippen molar-refractivity contribution in [3.8, 4) is 10.6 Å². The van der Waals surface area contributed by atoms with E-state index >= 15 is 0 Å². The highest BCUT2D eigenvalue weighted by Crippen LogP contribution is 2.28. The molecule has 0 aliphatic heterocycles. The quantitative estimate of drug-likeness (QED) is 0.561. The van der Waals surface area contributed by atoms with Gasteiger partial charge in [0.05, 0.1) is 21.6 Å². The first kappa shape index (κ1) is 15.0. The molecule has 4 rings (SSSR count). The second-order valence-electron chi connectivity index (χ2n) is 5.26. The highest BCUT2D eigenvalue weighted by Gasteiger charge is 2.10. The number of carbonyl (C=O) groups is 1. The number of H-pyrrole nitrogens is 1. The molecule has 4 aromatic rings. The Morgan fingerprint density at radius 3 is 2.88 bits per heavy atom. The second-order valence-corrected chi connectivity index (χ2v) is 7.07. The number of nitrogens with one attached hydrogen (secondary N) is 2. The molecule has 2 N–H and O–H groups in total. The van der Waals surface area contributed by atoms with Gasteiger partial charge in [-0.3, -0.25) is 4.79 Å². The van der Waals surface area contributed by atoms with Crippen molar-refractivity contribution in [3.05, 3.63) is 53.0 Å². The number of benzene rings is 1. The number of nitrogens with zero attached hydrogens (tertiary/aromatic N) is 2. The number of para-hydroxylation sites is 2. The molecule has 3 heterocycles. The SMILES string of the molecule is O=C(CCc1nc2ccccc2[nH]1)Nc1nc(-c2cccs2)cs1. The van der Waals surface area contributed by atoms with Crippen LogP contribution in [0.15, 0.2) is 47.2 Å². The van der Waals surface area contributed by atoms with Crippen LogP contribution >= 0.6 is 22.7 Å². The predicted octanol–water partition coefficient (Wildman–Crippen LogP) is 4.32. The minimum Gasteiger partial charge on any atom is -0.342 e. The summed E-state index contributed by atoms with van der Waals surface area (Å²) in [7, 11) is 0. The van der Waals surface area contributed by atoms with Crippen molar-refractivity contribution in [3.63, 3.8) is 0 Å². The van der Waals surface area contributed by atoms with Gasteiger partial charge in [0.2, 0.25) is 5.91 Å². The number of aromatic amines is 1. The van der Waals surface area contributed by atoms with E-state index in [2.05, 4.69) is 20.3 Å². The van der Waals surface area contributed by atoms with Crippen LogP contribution < -0.4 is 5.32 Å². The van der Waals surface area contributed by atoms with Gasteiger partial charge in [0.25, 0.3) is 0 Å². The lowest BCUT2D eigenvalue weighted by molar-refractivity contribution is -0.116. The lowest BCUT2D eigenvalue weighted by Crippen LogP contribution is -2.12. The van der Waals surface area contributed by atoms with E-state index in [0.717, 1.165) is 27.4 Å². The number of aromatic nitrogens is 3. The van der Waals surface area contributed by atoms with Gasteiger partial charge in [0.1, 0.15) is 5.82 Å². The summed E-state index contributed by atoms with van der Waals surface area (Å²) in [5.74, 6) is 0.771. The lowest BCUT2D eigenvalue weighted by Gasteiger charge is -2.00. The molecule has 0 bridgehead atoms. The molecule has 120 valence electrons. The molecule has 3 aromatic heterocycles. The van der Waals surface area contributed by atoms with Gasteiger partial charge in [-0.15, -0.1) is 22.7 Å². The van der Waals surface area contributed by atoms with Gasteiger partial charge in [0.15, 0.2) is 5.13 Å². The topological polar surface area (TPSA) is 70.7 Å². The zero-order valence-corrected chi connectivity index (χ0v) is 14.3. The van der Waals surface area contributed by atoms with Crippen LogP contribution in [0.1, 0.15) is 12.2 Å². The third-order valence-electron chi connectivity index (χ3n) is 3.55. The molecular formula is C17H14N4OS2. The fourth-order valence-corrected chi connectivity index (χ4v) is 3.89. The molecule has 0 unspecified atom stereocenters. The second kappa shape index (κ2) is 6.54. The maximum absolute atomic E-state index is 12.1. The Morgan fingerprint density at radius 2 is 2.04 bits per heavy atom. The number of hydrogen-bond donors (Lipinski definition) is 2. The van der Waals surface area contributed by atoms with Crippen LogP contribution in [-0.2, 0) is 11.2 Å². The van der Waals surface area contributed by atoms with E-state index in [9.17, 15) is 4.79 Å². The van der Waals surface area contributed by atoms with Crippen molar-refractivity contribution in [2.45, 2.75) is 12.8 Å². The van der Waals surface area contributed by atoms with Gasteiger partial charge in [0, 0.05) is 18.2 Å². The Kier molecular flexibility index (Phi) is 4.10. The van der Waals surface area contributed by atoms with E-state index in [4.69, 9.17) is 0 Å².